The van der Waals surface area contributed by atoms with E-state index < -0.39 is 5.97 Å². The van der Waals surface area contributed by atoms with Crippen LogP contribution in [-0.2, 0) is 9.53 Å². The van der Waals surface area contributed by atoms with Crippen molar-refractivity contribution >= 4 is 34.1 Å². The highest BCUT2D eigenvalue weighted by Crippen LogP contribution is 2.36. The third kappa shape index (κ3) is 6.09. The molecule has 0 bridgehead atoms. The second-order valence-electron chi connectivity index (χ2n) is 8.39. The Morgan fingerprint density at radius 2 is 1.69 bits per heavy atom. The highest BCUT2D eigenvalue weighted by Gasteiger charge is 2.14. The molecule has 0 fully saturated rings. The smallest absolute Gasteiger partial charge is 0.328 e. The lowest BCUT2D eigenvalue weighted by Gasteiger charge is -2.17. The number of nitrogens with zero attached hydrogens (tertiary/aromatic N) is 1. The van der Waals surface area contributed by atoms with Gasteiger partial charge in [0.1, 0.15) is 5.75 Å². The van der Waals surface area contributed by atoms with Gasteiger partial charge in [-0.3, -0.25) is 5.10 Å². The quantitative estimate of drug-likeness (QED) is 0.146. The maximum atomic E-state index is 10.9. The zero-order valence-corrected chi connectivity index (χ0v) is 20.5. The van der Waals surface area contributed by atoms with Crippen LogP contribution in [0.2, 0.25) is 0 Å². The molecule has 0 saturated heterocycles. The van der Waals surface area contributed by atoms with Crippen LogP contribution in [0.5, 0.6) is 5.75 Å². The Morgan fingerprint density at radius 1 is 0.972 bits per heavy atom. The summed E-state index contributed by atoms with van der Waals surface area (Å²) in [6.45, 7) is 3.45. The van der Waals surface area contributed by atoms with Crippen LogP contribution in [0.1, 0.15) is 42.0 Å². The van der Waals surface area contributed by atoms with Gasteiger partial charge in [-0.25, -0.2) is 4.79 Å². The maximum Gasteiger partial charge on any atom is 0.328 e. The molecule has 0 spiro atoms. The van der Waals surface area contributed by atoms with Crippen molar-refractivity contribution in [1.29, 1.82) is 0 Å². The number of aliphatic carboxylic acids is 1. The molecule has 0 unspecified atom stereocenters. The minimum atomic E-state index is -0.965. The number of carboxylic acids is 1. The molecule has 0 atom stereocenters. The van der Waals surface area contributed by atoms with Gasteiger partial charge in [-0.05, 0) is 70.2 Å². The van der Waals surface area contributed by atoms with Gasteiger partial charge in [-0.15, -0.1) is 0 Å². The second-order valence-corrected chi connectivity index (χ2v) is 8.39. The average molecular weight is 483 g/mol. The number of H-pyrrole nitrogens is 1. The molecule has 6 nitrogen and oxygen atoms in total. The molecular formula is C30H30N2O4. The fraction of sp³-hybridized carbons (Fsp3) is 0.200. The number of aromatic nitrogens is 2. The summed E-state index contributed by atoms with van der Waals surface area (Å²) in [6, 6.07) is 22.5. The van der Waals surface area contributed by atoms with Gasteiger partial charge in [0.05, 0.1) is 18.3 Å². The van der Waals surface area contributed by atoms with Crippen molar-refractivity contribution in [3.05, 3.63) is 101 Å². The highest BCUT2D eigenvalue weighted by atomic mass is 16.5. The standard InChI is InChI=1S/C30H30N2O4/c1-3-27(22-10-13-26(14-11-22)36-18-4-17-35-2)30(24-12-15-28-25(19-24)20-31-32-28)23-8-5-21(6-9-23)7-16-29(33)34/h5-16,19-20H,3-4,17-18H2,1-2H3,(H,31,32)(H,33,34). The molecule has 1 heterocycles. The molecule has 3 aromatic carbocycles. The molecule has 1 aromatic heterocycles. The van der Waals surface area contributed by atoms with Crippen molar-refractivity contribution in [3.8, 4) is 5.75 Å². The Morgan fingerprint density at radius 3 is 2.39 bits per heavy atom. The minimum Gasteiger partial charge on any atom is -0.494 e. The van der Waals surface area contributed by atoms with Crippen molar-refractivity contribution in [3.63, 3.8) is 0 Å². The van der Waals surface area contributed by atoms with Gasteiger partial charge in [-0.1, -0.05) is 49.4 Å². The first-order chi connectivity index (χ1) is 17.6. The number of nitrogens with one attached hydrogen (secondary N) is 1. The van der Waals surface area contributed by atoms with E-state index in [1.54, 1.807) is 13.2 Å². The van der Waals surface area contributed by atoms with Gasteiger partial charge < -0.3 is 14.6 Å². The van der Waals surface area contributed by atoms with Crippen molar-refractivity contribution in [2.24, 2.45) is 0 Å². The van der Waals surface area contributed by atoms with Gasteiger partial charge >= 0.3 is 5.97 Å². The summed E-state index contributed by atoms with van der Waals surface area (Å²) >= 11 is 0. The van der Waals surface area contributed by atoms with E-state index in [4.69, 9.17) is 14.6 Å². The number of carbonyl (C=O) groups is 1. The number of allylic oxidation sites excluding steroid dienone is 1. The monoisotopic (exact) mass is 482 g/mol. The lowest BCUT2D eigenvalue weighted by molar-refractivity contribution is -0.131. The third-order valence-corrected chi connectivity index (χ3v) is 5.97. The van der Waals surface area contributed by atoms with Crippen molar-refractivity contribution in [2.75, 3.05) is 20.3 Å². The molecule has 0 radical (unpaired) electrons. The number of rotatable bonds is 11. The molecule has 0 amide bonds. The van der Waals surface area contributed by atoms with Gasteiger partial charge in [0, 0.05) is 31.6 Å². The number of carboxylic acid groups (broad SMARTS) is 1. The summed E-state index contributed by atoms with van der Waals surface area (Å²) in [5.74, 6) is -0.131. The van der Waals surface area contributed by atoms with E-state index in [1.807, 2.05) is 48.7 Å². The number of aromatic amines is 1. The zero-order chi connectivity index (χ0) is 25.3. The van der Waals surface area contributed by atoms with Crippen molar-refractivity contribution < 1.29 is 19.4 Å². The van der Waals surface area contributed by atoms with Gasteiger partial charge in [0.25, 0.3) is 0 Å². The molecule has 6 heteroatoms. The number of ether oxygens (including phenoxy) is 2. The Labute approximate surface area is 210 Å². The molecule has 2 N–H and O–H groups in total. The Kier molecular flexibility index (Phi) is 8.32. The normalized spacial score (nSPS) is 12.2. The number of methoxy groups -OCH3 is 1. The lowest BCUT2D eigenvalue weighted by Crippen LogP contribution is -2.01. The van der Waals surface area contributed by atoms with Gasteiger partial charge in [0.2, 0.25) is 0 Å². The molecule has 0 aliphatic carbocycles. The molecule has 0 aliphatic rings. The maximum absolute atomic E-state index is 10.9. The van der Waals surface area contributed by atoms with E-state index in [1.165, 1.54) is 5.57 Å². The van der Waals surface area contributed by atoms with Gasteiger partial charge in [0.15, 0.2) is 0 Å². The second kappa shape index (κ2) is 12.0. The Bertz CT molecular complexity index is 1370. The van der Waals surface area contributed by atoms with Crippen LogP contribution in [0.15, 0.2) is 79.0 Å². The molecule has 184 valence electrons. The Hall–Kier alpha value is -4.16. The molecule has 4 aromatic rings. The topological polar surface area (TPSA) is 84.4 Å². The Balaban J connectivity index is 1.75. The van der Waals surface area contributed by atoms with E-state index >= 15 is 0 Å². The number of hydrogen-bond acceptors (Lipinski definition) is 4. The van der Waals surface area contributed by atoms with Crippen LogP contribution in [-0.4, -0.2) is 41.6 Å². The summed E-state index contributed by atoms with van der Waals surface area (Å²) in [6.07, 6.45) is 6.25. The summed E-state index contributed by atoms with van der Waals surface area (Å²) in [5, 5.41) is 17.2. The van der Waals surface area contributed by atoms with Crippen LogP contribution in [0.4, 0.5) is 0 Å². The van der Waals surface area contributed by atoms with E-state index in [2.05, 4.69) is 41.4 Å². The largest absolute Gasteiger partial charge is 0.494 e. The van der Waals surface area contributed by atoms with Crippen molar-refractivity contribution in [1.82, 2.24) is 10.2 Å². The van der Waals surface area contributed by atoms with Crippen LogP contribution in [0.3, 0.4) is 0 Å². The number of fused-ring (bicyclic) bond motifs is 1. The predicted molar refractivity (Wildman–Crippen MR) is 144 cm³/mol. The first kappa shape index (κ1) is 24.9. The SMILES string of the molecule is CCC(=C(c1ccc(C=CC(=O)O)cc1)c1ccc2[nH]ncc2c1)c1ccc(OCCCOC)cc1. The molecular weight excluding hydrogens is 452 g/mol. The summed E-state index contributed by atoms with van der Waals surface area (Å²) in [7, 11) is 1.69. The summed E-state index contributed by atoms with van der Waals surface area (Å²) < 4.78 is 10.9. The van der Waals surface area contributed by atoms with Crippen LogP contribution in [0, 0.1) is 0 Å². The third-order valence-electron chi connectivity index (χ3n) is 5.97. The van der Waals surface area contributed by atoms with Crippen LogP contribution in [0.25, 0.3) is 28.1 Å². The van der Waals surface area contributed by atoms with E-state index in [-0.39, 0.29) is 0 Å². The van der Waals surface area contributed by atoms with Crippen molar-refractivity contribution in [2.45, 2.75) is 19.8 Å². The highest BCUT2D eigenvalue weighted by molar-refractivity contribution is 6.00. The summed E-state index contributed by atoms with van der Waals surface area (Å²) in [4.78, 5) is 10.9. The minimum absolute atomic E-state index is 0.613. The van der Waals surface area contributed by atoms with Gasteiger partial charge in [-0.2, -0.15) is 5.10 Å². The summed E-state index contributed by atoms with van der Waals surface area (Å²) in [5.41, 5.74) is 7.43. The van der Waals surface area contributed by atoms with Crippen LogP contribution >= 0.6 is 0 Å². The van der Waals surface area contributed by atoms with E-state index in [9.17, 15) is 4.79 Å². The average Bonchev–Trinajstić information content (AvgIpc) is 3.37. The zero-order valence-electron chi connectivity index (χ0n) is 20.5. The predicted octanol–water partition coefficient (Wildman–Crippen LogP) is 6.45. The molecule has 0 saturated carbocycles. The lowest BCUT2D eigenvalue weighted by atomic mass is 9.87. The number of benzene rings is 3. The number of hydrogen-bond donors (Lipinski definition) is 2. The first-order valence-corrected chi connectivity index (χ1v) is 12.0. The molecule has 36 heavy (non-hydrogen) atoms. The van der Waals surface area contributed by atoms with E-state index in [0.29, 0.717) is 13.2 Å². The molecule has 4 rings (SSSR count). The fourth-order valence-electron chi connectivity index (χ4n) is 4.21. The van der Waals surface area contributed by atoms with Crippen LogP contribution < -0.4 is 4.74 Å². The molecule has 0 aliphatic heterocycles. The first-order valence-electron chi connectivity index (χ1n) is 12.0. The van der Waals surface area contributed by atoms with E-state index in [0.717, 1.165) is 63.4 Å². The fourth-order valence-corrected chi connectivity index (χ4v) is 4.21.